The number of carbonyl (C=O) groups excluding carboxylic acids is 1. The topological polar surface area (TPSA) is 62.1 Å². The number of benzene rings is 1. The van der Waals surface area contributed by atoms with Crippen molar-refractivity contribution in [3.63, 3.8) is 0 Å². The van der Waals surface area contributed by atoms with Crippen molar-refractivity contribution in [2.24, 2.45) is 11.3 Å². The summed E-state index contributed by atoms with van der Waals surface area (Å²) < 4.78 is 5.18. The fourth-order valence-electron chi connectivity index (χ4n) is 1.92. The number of carbonyl (C=O) groups is 1. The minimum absolute atomic E-state index is 0.00700. The third kappa shape index (κ3) is 2.80. The van der Waals surface area contributed by atoms with Crippen LogP contribution in [0.4, 0.5) is 5.69 Å². The van der Waals surface area contributed by atoms with Crippen molar-refractivity contribution < 1.29 is 9.53 Å². The summed E-state index contributed by atoms with van der Waals surface area (Å²) in [6, 6.07) is 8.99. The zero-order valence-corrected chi connectivity index (χ0v) is 10.6. The van der Waals surface area contributed by atoms with Crippen LogP contribution in [0.5, 0.6) is 5.75 Å². The van der Waals surface area contributed by atoms with Crippen LogP contribution in [0.2, 0.25) is 0 Å². The van der Waals surface area contributed by atoms with Crippen LogP contribution in [0, 0.1) is 22.7 Å². The molecule has 1 N–H and O–H groups in total. The molecule has 4 nitrogen and oxygen atoms in total. The summed E-state index contributed by atoms with van der Waals surface area (Å²) in [6.45, 7) is 4.18. The van der Waals surface area contributed by atoms with E-state index in [1.807, 2.05) is 12.1 Å². The maximum atomic E-state index is 11.9. The number of nitrogens with zero attached hydrogens (tertiary/aromatic N) is 1. The molecular weight excluding hydrogens is 228 g/mol. The lowest BCUT2D eigenvalue weighted by atomic mass is 10.1. The molecule has 1 aromatic rings. The van der Waals surface area contributed by atoms with Gasteiger partial charge in [0.2, 0.25) is 5.91 Å². The fourth-order valence-corrected chi connectivity index (χ4v) is 1.92. The molecule has 2 rings (SSSR count). The smallest absolute Gasteiger partial charge is 0.228 e. The Hall–Kier alpha value is -2.02. The van der Waals surface area contributed by atoms with E-state index in [9.17, 15) is 4.79 Å². The highest BCUT2D eigenvalue weighted by molar-refractivity contribution is 5.95. The van der Waals surface area contributed by atoms with Gasteiger partial charge in [-0.15, -0.1) is 0 Å². The Morgan fingerprint density at radius 1 is 1.61 bits per heavy atom. The van der Waals surface area contributed by atoms with Gasteiger partial charge in [-0.2, -0.15) is 5.26 Å². The van der Waals surface area contributed by atoms with Gasteiger partial charge < -0.3 is 10.1 Å². The van der Waals surface area contributed by atoms with Gasteiger partial charge in [0.25, 0.3) is 0 Å². The van der Waals surface area contributed by atoms with Crippen molar-refractivity contribution in [1.29, 1.82) is 5.26 Å². The first-order valence-corrected chi connectivity index (χ1v) is 5.93. The number of hydrogen-bond donors (Lipinski definition) is 1. The van der Waals surface area contributed by atoms with Gasteiger partial charge in [-0.25, -0.2) is 0 Å². The molecule has 18 heavy (non-hydrogen) atoms. The van der Waals surface area contributed by atoms with E-state index in [1.165, 1.54) is 0 Å². The van der Waals surface area contributed by atoms with Crippen molar-refractivity contribution in [1.82, 2.24) is 0 Å². The highest BCUT2D eigenvalue weighted by Gasteiger charge is 2.50. The van der Waals surface area contributed by atoms with E-state index in [1.54, 1.807) is 18.2 Å². The lowest BCUT2D eigenvalue weighted by Crippen LogP contribution is -2.16. The molecule has 0 aromatic heterocycles. The van der Waals surface area contributed by atoms with Gasteiger partial charge >= 0.3 is 0 Å². The first kappa shape index (κ1) is 12.4. The Kier molecular flexibility index (Phi) is 3.24. The van der Waals surface area contributed by atoms with Crippen LogP contribution in [-0.2, 0) is 4.79 Å². The van der Waals surface area contributed by atoms with E-state index in [-0.39, 0.29) is 23.8 Å². The molecule has 1 atom stereocenters. The quantitative estimate of drug-likeness (QED) is 0.885. The van der Waals surface area contributed by atoms with Crippen LogP contribution in [0.1, 0.15) is 20.3 Å². The summed E-state index contributed by atoms with van der Waals surface area (Å²) in [7, 11) is 0. The number of anilines is 1. The van der Waals surface area contributed by atoms with Crippen LogP contribution >= 0.6 is 0 Å². The molecule has 0 aliphatic heterocycles. The normalized spacial score (nSPS) is 19.7. The number of nitriles is 1. The molecule has 0 saturated heterocycles. The summed E-state index contributed by atoms with van der Waals surface area (Å²) in [5.41, 5.74) is 0.831. The van der Waals surface area contributed by atoms with E-state index < -0.39 is 0 Å². The first-order valence-electron chi connectivity index (χ1n) is 5.93. The average Bonchev–Trinajstić information content (AvgIpc) is 2.96. The monoisotopic (exact) mass is 244 g/mol. The Labute approximate surface area is 107 Å². The van der Waals surface area contributed by atoms with Crippen LogP contribution in [-0.4, -0.2) is 12.5 Å². The van der Waals surface area contributed by atoms with Crippen LogP contribution in [0.25, 0.3) is 0 Å². The molecule has 1 aromatic carbocycles. The second kappa shape index (κ2) is 4.69. The zero-order valence-electron chi connectivity index (χ0n) is 10.6. The van der Waals surface area contributed by atoms with Crippen LogP contribution < -0.4 is 10.1 Å². The van der Waals surface area contributed by atoms with Gasteiger partial charge in [-0.1, -0.05) is 19.9 Å². The first-order chi connectivity index (χ1) is 8.53. The molecule has 94 valence electrons. The molecule has 1 unspecified atom stereocenters. The predicted molar refractivity (Wildman–Crippen MR) is 68.1 cm³/mol. The van der Waals surface area contributed by atoms with Crippen LogP contribution in [0.15, 0.2) is 24.3 Å². The Morgan fingerprint density at radius 2 is 2.33 bits per heavy atom. The summed E-state index contributed by atoms with van der Waals surface area (Å²) in [6.07, 6.45) is 0.934. The average molecular weight is 244 g/mol. The molecule has 1 saturated carbocycles. The van der Waals surface area contributed by atoms with E-state index in [0.29, 0.717) is 11.4 Å². The third-order valence-electron chi connectivity index (χ3n) is 3.23. The third-order valence-corrected chi connectivity index (χ3v) is 3.23. The molecule has 1 amide bonds. The molecule has 0 bridgehead atoms. The molecule has 1 aliphatic carbocycles. The molecule has 0 radical (unpaired) electrons. The van der Waals surface area contributed by atoms with Crippen molar-refractivity contribution >= 4 is 11.6 Å². The van der Waals surface area contributed by atoms with Gasteiger partial charge in [-0.3, -0.25) is 4.79 Å². The van der Waals surface area contributed by atoms with Gasteiger partial charge in [0.05, 0.1) is 0 Å². The molecule has 1 fully saturated rings. The highest BCUT2D eigenvalue weighted by Crippen LogP contribution is 2.52. The number of ether oxygens (including phenoxy) is 1. The van der Waals surface area contributed by atoms with E-state index in [2.05, 4.69) is 19.2 Å². The van der Waals surface area contributed by atoms with E-state index in [0.717, 1.165) is 6.42 Å². The van der Waals surface area contributed by atoms with Gasteiger partial charge in [0.15, 0.2) is 6.61 Å². The fraction of sp³-hybridized carbons (Fsp3) is 0.429. The second-order valence-corrected chi connectivity index (χ2v) is 5.21. The Balaban J connectivity index is 1.97. The van der Waals surface area contributed by atoms with Crippen molar-refractivity contribution in [3.05, 3.63) is 24.3 Å². The van der Waals surface area contributed by atoms with Gasteiger partial charge in [0, 0.05) is 17.7 Å². The summed E-state index contributed by atoms with van der Waals surface area (Å²) in [5.74, 6) is 0.739. The maximum Gasteiger partial charge on any atom is 0.228 e. The zero-order chi connectivity index (χ0) is 13.2. The second-order valence-electron chi connectivity index (χ2n) is 5.21. The molecule has 0 heterocycles. The van der Waals surface area contributed by atoms with Gasteiger partial charge in [0.1, 0.15) is 11.8 Å². The molecule has 4 heteroatoms. The Bertz CT molecular complexity index is 503. The standard InChI is InChI=1S/C14H16N2O2/c1-14(2)9-12(14)13(17)16-10-4-3-5-11(8-10)18-7-6-15/h3-5,8,12H,7,9H2,1-2H3,(H,16,17). The minimum atomic E-state index is 0.00700. The highest BCUT2D eigenvalue weighted by atomic mass is 16.5. The maximum absolute atomic E-state index is 11.9. The molecule has 0 spiro atoms. The number of amides is 1. The van der Waals surface area contributed by atoms with Crippen molar-refractivity contribution in [2.75, 3.05) is 11.9 Å². The number of rotatable bonds is 4. The minimum Gasteiger partial charge on any atom is -0.479 e. The SMILES string of the molecule is CC1(C)CC1C(=O)Nc1cccc(OCC#N)c1. The van der Waals surface area contributed by atoms with E-state index >= 15 is 0 Å². The Morgan fingerprint density at radius 3 is 2.94 bits per heavy atom. The van der Waals surface area contributed by atoms with Gasteiger partial charge in [-0.05, 0) is 24.0 Å². The van der Waals surface area contributed by atoms with Crippen molar-refractivity contribution in [3.8, 4) is 11.8 Å². The van der Waals surface area contributed by atoms with E-state index in [4.69, 9.17) is 10.00 Å². The summed E-state index contributed by atoms with van der Waals surface area (Å²) in [4.78, 5) is 11.9. The summed E-state index contributed by atoms with van der Waals surface area (Å²) >= 11 is 0. The largest absolute Gasteiger partial charge is 0.479 e. The molecular formula is C14H16N2O2. The van der Waals surface area contributed by atoms with Crippen LogP contribution in [0.3, 0.4) is 0 Å². The lowest BCUT2D eigenvalue weighted by molar-refractivity contribution is -0.117. The van der Waals surface area contributed by atoms with Crippen molar-refractivity contribution in [2.45, 2.75) is 20.3 Å². The number of hydrogen-bond acceptors (Lipinski definition) is 3. The number of nitrogens with one attached hydrogen (secondary N) is 1. The predicted octanol–water partition coefficient (Wildman–Crippen LogP) is 2.57. The summed E-state index contributed by atoms with van der Waals surface area (Å²) in [5, 5.41) is 11.3. The molecule has 1 aliphatic rings. The lowest BCUT2D eigenvalue weighted by Gasteiger charge is -2.08.